The zero-order valence-corrected chi connectivity index (χ0v) is 21.9. The van der Waals surface area contributed by atoms with Crippen LogP contribution in [0.3, 0.4) is 0 Å². The van der Waals surface area contributed by atoms with Crippen LogP contribution in [-0.4, -0.2) is 28.6 Å². The summed E-state index contributed by atoms with van der Waals surface area (Å²) >= 11 is 0. The lowest BCUT2D eigenvalue weighted by molar-refractivity contribution is -0.0268. The molecule has 1 aliphatic heterocycles. The van der Waals surface area contributed by atoms with E-state index in [4.69, 9.17) is 4.74 Å². The Balaban J connectivity index is 1.42. The van der Waals surface area contributed by atoms with Crippen molar-refractivity contribution < 1.29 is 9.53 Å². The van der Waals surface area contributed by atoms with E-state index in [1.165, 1.54) is 28.6 Å². The van der Waals surface area contributed by atoms with Gasteiger partial charge in [0.2, 0.25) is 0 Å². The number of amides is 1. The second-order valence-corrected chi connectivity index (χ2v) is 11.7. The van der Waals surface area contributed by atoms with E-state index in [-0.39, 0.29) is 29.6 Å². The zero-order valence-electron chi connectivity index (χ0n) is 21.9. The van der Waals surface area contributed by atoms with Crippen LogP contribution in [0.1, 0.15) is 76.7 Å². The monoisotopic (exact) mass is 472 g/mol. The highest BCUT2D eigenvalue weighted by Gasteiger charge is 2.44. The van der Waals surface area contributed by atoms with E-state index in [2.05, 4.69) is 94.2 Å². The lowest BCUT2D eigenvalue weighted by Crippen LogP contribution is -2.48. The number of ether oxygens (including phenoxy) is 1. The number of rotatable bonds is 4. The van der Waals surface area contributed by atoms with Crippen LogP contribution >= 0.6 is 0 Å². The van der Waals surface area contributed by atoms with Gasteiger partial charge in [0.25, 0.3) is 0 Å². The number of aromatic amines is 1. The summed E-state index contributed by atoms with van der Waals surface area (Å²) in [6.45, 7) is 12.0. The molecule has 1 saturated carbocycles. The summed E-state index contributed by atoms with van der Waals surface area (Å²) in [6.07, 6.45) is 3.84. The second kappa shape index (κ2) is 9.37. The van der Waals surface area contributed by atoms with Crippen LogP contribution < -0.4 is 0 Å². The highest BCUT2D eigenvalue weighted by Crippen LogP contribution is 2.45. The minimum Gasteiger partial charge on any atom is -0.446 e. The minimum absolute atomic E-state index is 0.000229. The Hall–Kier alpha value is -2.75. The van der Waals surface area contributed by atoms with Crippen LogP contribution in [0.15, 0.2) is 54.6 Å². The number of carbonyl (C=O) groups is 1. The first kappa shape index (κ1) is 24.0. The predicted octanol–water partition coefficient (Wildman–Crippen LogP) is 7.64. The van der Waals surface area contributed by atoms with Crippen LogP contribution in [0.25, 0.3) is 10.9 Å². The molecular weight excluding hydrogens is 432 g/mol. The van der Waals surface area contributed by atoms with Crippen molar-refractivity contribution in [2.45, 2.75) is 77.9 Å². The Morgan fingerprint density at radius 1 is 1.06 bits per heavy atom. The highest BCUT2D eigenvalue weighted by molar-refractivity contribution is 5.85. The number of para-hydroxylation sites is 1. The Labute approximate surface area is 210 Å². The molecule has 2 heterocycles. The Morgan fingerprint density at radius 2 is 1.77 bits per heavy atom. The summed E-state index contributed by atoms with van der Waals surface area (Å²) < 4.78 is 6.46. The van der Waals surface area contributed by atoms with E-state index in [0.717, 1.165) is 24.8 Å². The topological polar surface area (TPSA) is 45.3 Å². The largest absolute Gasteiger partial charge is 0.446 e. The number of hydrogen-bond acceptors (Lipinski definition) is 2. The van der Waals surface area contributed by atoms with E-state index in [1.54, 1.807) is 0 Å². The van der Waals surface area contributed by atoms with Crippen molar-refractivity contribution in [2.24, 2.45) is 17.8 Å². The van der Waals surface area contributed by atoms with Gasteiger partial charge in [-0.05, 0) is 53.7 Å². The van der Waals surface area contributed by atoms with Gasteiger partial charge < -0.3 is 9.72 Å². The number of benzene rings is 2. The first-order valence-electron chi connectivity index (χ1n) is 13.4. The highest BCUT2D eigenvalue weighted by atomic mass is 16.6. The van der Waals surface area contributed by atoms with Crippen molar-refractivity contribution in [3.63, 3.8) is 0 Å². The molecule has 5 rings (SSSR count). The molecule has 186 valence electrons. The molecule has 1 N–H and O–H groups in total. The number of H-pyrrole nitrogens is 1. The molecule has 1 aromatic heterocycles. The molecule has 2 aliphatic rings. The number of aromatic nitrogens is 1. The summed E-state index contributed by atoms with van der Waals surface area (Å²) in [5.74, 6) is 1.16. The Kier molecular flexibility index (Phi) is 6.41. The van der Waals surface area contributed by atoms with Crippen LogP contribution in [-0.2, 0) is 16.6 Å². The number of nitrogens with one attached hydrogen (secondary N) is 1. The Bertz CT molecular complexity index is 1180. The van der Waals surface area contributed by atoms with Gasteiger partial charge in [0.05, 0.1) is 6.04 Å². The van der Waals surface area contributed by atoms with Gasteiger partial charge in [0.1, 0.15) is 6.10 Å². The van der Waals surface area contributed by atoms with Gasteiger partial charge >= 0.3 is 6.09 Å². The van der Waals surface area contributed by atoms with Crippen LogP contribution in [0.5, 0.6) is 0 Å². The lowest BCUT2D eigenvalue weighted by Gasteiger charge is -2.45. The third-order valence-electron chi connectivity index (χ3n) is 8.70. The van der Waals surface area contributed by atoms with Crippen molar-refractivity contribution in [3.8, 4) is 0 Å². The van der Waals surface area contributed by atoms with E-state index in [9.17, 15) is 4.79 Å². The fourth-order valence-electron chi connectivity index (χ4n) is 6.73. The quantitative estimate of drug-likeness (QED) is 0.424. The number of hydrogen-bond donors (Lipinski definition) is 1. The number of fused-ring (bicyclic) bond motifs is 3. The maximum Gasteiger partial charge on any atom is 0.410 e. The lowest BCUT2D eigenvalue weighted by atomic mass is 9.64. The van der Waals surface area contributed by atoms with E-state index >= 15 is 0 Å². The number of nitrogens with zero attached hydrogens (tertiary/aromatic N) is 1. The molecule has 1 amide bonds. The molecule has 4 heteroatoms. The van der Waals surface area contributed by atoms with Crippen molar-refractivity contribution in [3.05, 3.63) is 71.4 Å². The molecule has 0 spiro atoms. The first-order chi connectivity index (χ1) is 16.8. The van der Waals surface area contributed by atoms with Gasteiger partial charge in [-0.3, -0.25) is 4.90 Å². The van der Waals surface area contributed by atoms with Crippen LogP contribution in [0.4, 0.5) is 4.79 Å². The average molecular weight is 473 g/mol. The zero-order chi connectivity index (χ0) is 24.7. The fraction of sp³-hybridized carbons (Fsp3) is 0.516. The minimum atomic E-state index is -0.152. The smallest absolute Gasteiger partial charge is 0.410 e. The van der Waals surface area contributed by atoms with E-state index < -0.39 is 0 Å². The maximum absolute atomic E-state index is 13.8. The van der Waals surface area contributed by atoms with Crippen LogP contribution in [0.2, 0.25) is 0 Å². The second-order valence-electron chi connectivity index (χ2n) is 11.7. The molecule has 0 bridgehead atoms. The predicted molar refractivity (Wildman–Crippen MR) is 143 cm³/mol. The molecule has 2 aromatic carbocycles. The van der Waals surface area contributed by atoms with Gasteiger partial charge in [0.15, 0.2) is 0 Å². The average Bonchev–Trinajstić information content (AvgIpc) is 3.22. The molecule has 0 radical (unpaired) electrons. The molecule has 4 atom stereocenters. The molecule has 0 saturated heterocycles. The molecule has 1 unspecified atom stereocenters. The van der Waals surface area contributed by atoms with Gasteiger partial charge in [-0.15, -0.1) is 0 Å². The van der Waals surface area contributed by atoms with Crippen molar-refractivity contribution in [1.82, 2.24) is 9.88 Å². The third-order valence-corrected chi connectivity index (χ3v) is 8.70. The summed E-state index contributed by atoms with van der Waals surface area (Å²) in [5, 5.41) is 1.28. The first-order valence-corrected chi connectivity index (χ1v) is 13.4. The molecular formula is C31H40N2O2. The van der Waals surface area contributed by atoms with Gasteiger partial charge in [-0.25, -0.2) is 4.79 Å². The molecule has 1 fully saturated rings. The molecule has 35 heavy (non-hydrogen) atoms. The van der Waals surface area contributed by atoms with E-state index in [1.807, 2.05) is 4.90 Å². The standard InChI is InChI=1S/C31H40N2O2/c1-20(2)29-28-24(23-13-9-10-14-26(23)32-28)17-18-33(29)30(34)35-27-19-21(3)15-16-25(27)31(4,5)22-11-7-6-8-12-22/h6-14,20-21,25,27,29,32H,15-19H2,1-5H3/t21-,25-,27-,29?/m1/s1. The summed E-state index contributed by atoms with van der Waals surface area (Å²) in [7, 11) is 0. The third kappa shape index (κ3) is 4.37. The summed E-state index contributed by atoms with van der Waals surface area (Å²) in [4.78, 5) is 19.5. The summed E-state index contributed by atoms with van der Waals surface area (Å²) in [6, 6.07) is 19.2. The molecule has 4 nitrogen and oxygen atoms in total. The normalized spacial score (nSPS) is 25.0. The van der Waals surface area contributed by atoms with Gasteiger partial charge in [-0.1, -0.05) is 89.6 Å². The van der Waals surface area contributed by atoms with Crippen molar-refractivity contribution in [1.29, 1.82) is 0 Å². The van der Waals surface area contributed by atoms with E-state index in [0.29, 0.717) is 18.4 Å². The van der Waals surface area contributed by atoms with Gasteiger partial charge in [0, 0.05) is 29.1 Å². The maximum atomic E-state index is 13.8. The molecule has 3 aromatic rings. The fourth-order valence-corrected chi connectivity index (χ4v) is 6.73. The number of carbonyl (C=O) groups excluding carboxylic acids is 1. The van der Waals surface area contributed by atoms with Crippen molar-refractivity contribution >= 4 is 17.0 Å². The SMILES string of the molecule is CC(C)C1c2[nH]c3ccccc3c2CCN1C(=O)O[C@@H]1C[C@H](C)CC[C@H]1C(C)(C)c1ccccc1. The van der Waals surface area contributed by atoms with Crippen LogP contribution in [0, 0.1) is 17.8 Å². The Morgan fingerprint density at radius 3 is 2.51 bits per heavy atom. The summed E-state index contributed by atoms with van der Waals surface area (Å²) in [5.41, 5.74) is 4.96. The molecule has 1 aliphatic carbocycles. The van der Waals surface area contributed by atoms with Gasteiger partial charge in [-0.2, -0.15) is 0 Å². The van der Waals surface area contributed by atoms with Crippen molar-refractivity contribution in [2.75, 3.05) is 6.54 Å².